The first kappa shape index (κ1) is 12.0. The zero-order valence-electron chi connectivity index (χ0n) is 11.0. The van der Waals surface area contributed by atoms with Crippen molar-refractivity contribution in [3.8, 4) is 0 Å². The number of nitrogens with zero attached hydrogens (tertiary/aromatic N) is 1. The molecule has 0 aliphatic carbocycles. The van der Waals surface area contributed by atoms with E-state index in [1.807, 2.05) is 13.8 Å². The van der Waals surface area contributed by atoms with E-state index in [-0.39, 0.29) is 5.91 Å². The molecule has 1 saturated heterocycles. The summed E-state index contributed by atoms with van der Waals surface area (Å²) in [6, 6.07) is 6.38. The van der Waals surface area contributed by atoms with Crippen LogP contribution >= 0.6 is 0 Å². The minimum atomic E-state index is -0.474. The number of rotatable bonds is 1. The van der Waals surface area contributed by atoms with Crippen molar-refractivity contribution in [1.82, 2.24) is 5.32 Å². The fourth-order valence-corrected chi connectivity index (χ4v) is 2.43. The number of hydrogen-bond donors (Lipinski definition) is 1. The minimum Gasteiger partial charge on any atom is -0.356 e. The van der Waals surface area contributed by atoms with Crippen molar-refractivity contribution in [2.24, 2.45) is 0 Å². The van der Waals surface area contributed by atoms with Crippen molar-refractivity contribution >= 4 is 11.6 Å². The predicted molar refractivity (Wildman–Crippen MR) is 70.4 cm³/mol. The standard InChI is InChI=1S/C14H20N2O/c1-10-5-6-12(11(2)9-10)16-8-7-15-13(17)14(16,3)4/h5-6,9H,7-8H2,1-4H3,(H,15,17). The molecule has 0 bridgehead atoms. The van der Waals surface area contributed by atoms with Crippen molar-refractivity contribution < 1.29 is 4.79 Å². The number of hydrogen-bond acceptors (Lipinski definition) is 2. The Morgan fingerprint density at radius 1 is 1.29 bits per heavy atom. The molecule has 1 aromatic carbocycles. The van der Waals surface area contributed by atoms with E-state index in [9.17, 15) is 4.79 Å². The number of aryl methyl sites for hydroxylation is 2. The summed E-state index contributed by atoms with van der Waals surface area (Å²) in [5.41, 5.74) is 3.17. The Hall–Kier alpha value is -1.51. The molecule has 1 N–H and O–H groups in total. The minimum absolute atomic E-state index is 0.101. The second kappa shape index (κ2) is 4.06. The molecule has 2 rings (SSSR count). The van der Waals surface area contributed by atoms with E-state index in [1.54, 1.807) is 0 Å². The zero-order valence-corrected chi connectivity index (χ0v) is 11.0. The van der Waals surface area contributed by atoms with Crippen LogP contribution in [0.1, 0.15) is 25.0 Å². The molecule has 0 saturated carbocycles. The van der Waals surface area contributed by atoms with Gasteiger partial charge in [-0.2, -0.15) is 0 Å². The molecule has 1 amide bonds. The van der Waals surface area contributed by atoms with Gasteiger partial charge in [-0.15, -0.1) is 0 Å². The van der Waals surface area contributed by atoms with Crippen LogP contribution in [-0.2, 0) is 4.79 Å². The van der Waals surface area contributed by atoms with E-state index in [0.717, 1.165) is 18.8 Å². The van der Waals surface area contributed by atoms with E-state index in [1.165, 1.54) is 11.1 Å². The molecule has 0 unspecified atom stereocenters. The van der Waals surface area contributed by atoms with Gasteiger partial charge in [0.15, 0.2) is 0 Å². The van der Waals surface area contributed by atoms with Crippen LogP contribution in [0.15, 0.2) is 18.2 Å². The van der Waals surface area contributed by atoms with Gasteiger partial charge in [0.2, 0.25) is 5.91 Å². The van der Waals surface area contributed by atoms with Gasteiger partial charge in [0.1, 0.15) is 5.54 Å². The third-order valence-corrected chi connectivity index (χ3v) is 3.49. The first-order chi connectivity index (χ1) is 7.93. The van der Waals surface area contributed by atoms with Crippen LogP contribution in [0.2, 0.25) is 0 Å². The van der Waals surface area contributed by atoms with E-state index in [4.69, 9.17) is 0 Å². The second-order valence-corrected chi connectivity index (χ2v) is 5.26. The van der Waals surface area contributed by atoms with Crippen LogP contribution in [-0.4, -0.2) is 24.5 Å². The summed E-state index contributed by atoms with van der Waals surface area (Å²) in [6.07, 6.45) is 0. The summed E-state index contributed by atoms with van der Waals surface area (Å²) in [7, 11) is 0. The molecule has 1 heterocycles. The summed E-state index contributed by atoms with van der Waals surface area (Å²) in [4.78, 5) is 14.1. The SMILES string of the molecule is Cc1ccc(N2CCNC(=O)C2(C)C)c(C)c1. The first-order valence-electron chi connectivity index (χ1n) is 6.06. The topological polar surface area (TPSA) is 32.3 Å². The summed E-state index contributed by atoms with van der Waals surface area (Å²) >= 11 is 0. The normalized spacial score (nSPS) is 19.1. The number of piperazine rings is 1. The van der Waals surface area contributed by atoms with Crippen LogP contribution in [0.25, 0.3) is 0 Å². The van der Waals surface area contributed by atoms with Crippen molar-refractivity contribution in [3.05, 3.63) is 29.3 Å². The maximum atomic E-state index is 11.9. The highest BCUT2D eigenvalue weighted by Crippen LogP contribution is 2.29. The molecular formula is C14H20N2O. The lowest BCUT2D eigenvalue weighted by Gasteiger charge is -2.43. The average molecular weight is 232 g/mol. The van der Waals surface area contributed by atoms with Gasteiger partial charge >= 0.3 is 0 Å². The number of nitrogens with one attached hydrogen (secondary N) is 1. The van der Waals surface area contributed by atoms with Crippen LogP contribution in [0.5, 0.6) is 0 Å². The van der Waals surface area contributed by atoms with Crippen molar-refractivity contribution in [2.45, 2.75) is 33.2 Å². The van der Waals surface area contributed by atoms with Gasteiger partial charge in [-0.25, -0.2) is 0 Å². The van der Waals surface area contributed by atoms with Crippen LogP contribution in [0.3, 0.4) is 0 Å². The molecule has 1 fully saturated rings. The Labute approximate surface area is 103 Å². The van der Waals surface area contributed by atoms with Crippen LogP contribution in [0.4, 0.5) is 5.69 Å². The van der Waals surface area contributed by atoms with Gasteiger partial charge in [0.25, 0.3) is 0 Å². The monoisotopic (exact) mass is 232 g/mol. The highest BCUT2D eigenvalue weighted by atomic mass is 16.2. The fraction of sp³-hybridized carbons (Fsp3) is 0.500. The Kier molecular flexibility index (Phi) is 2.86. The lowest BCUT2D eigenvalue weighted by molar-refractivity contribution is -0.126. The molecule has 0 aromatic heterocycles. The maximum absolute atomic E-state index is 11.9. The molecule has 3 heteroatoms. The lowest BCUT2D eigenvalue weighted by Crippen LogP contribution is -2.62. The smallest absolute Gasteiger partial charge is 0.245 e. The number of amides is 1. The van der Waals surface area contributed by atoms with E-state index >= 15 is 0 Å². The Morgan fingerprint density at radius 3 is 2.65 bits per heavy atom. The Balaban J connectivity index is 2.41. The van der Waals surface area contributed by atoms with Crippen molar-refractivity contribution in [2.75, 3.05) is 18.0 Å². The number of carbonyl (C=O) groups is 1. The van der Waals surface area contributed by atoms with Crippen molar-refractivity contribution in [1.29, 1.82) is 0 Å². The summed E-state index contributed by atoms with van der Waals surface area (Å²) in [6.45, 7) is 9.72. The van der Waals surface area contributed by atoms with Gasteiger partial charge in [0, 0.05) is 18.8 Å². The molecule has 3 nitrogen and oxygen atoms in total. The van der Waals surface area contributed by atoms with Crippen LogP contribution < -0.4 is 10.2 Å². The molecule has 92 valence electrons. The Bertz CT molecular complexity index is 452. The molecule has 1 aliphatic heterocycles. The molecule has 17 heavy (non-hydrogen) atoms. The average Bonchev–Trinajstić information content (AvgIpc) is 2.23. The molecule has 1 aliphatic rings. The number of benzene rings is 1. The van der Waals surface area contributed by atoms with Crippen LogP contribution in [0, 0.1) is 13.8 Å². The quantitative estimate of drug-likeness (QED) is 0.803. The van der Waals surface area contributed by atoms with Gasteiger partial charge in [-0.05, 0) is 39.3 Å². The molecule has 0 atom stereocenters. The first-order valence-corrected chi connectivity index (χ1v) is 6.06. The summed E-state index contributed by atoms with van der Waals surface area (Å²) < 4.78 is 0. The number of carbonyl (C=O) groups excluding carboxylic acids is 1. The van der Waals surface area contributed by atoms with E-state index in [2.05, 4.69) is 42.3 Å². The fourth-order valence-electron chi connectivity index (χ4n) is 2.43. The lowest BCUT2D eigenvalue weighted by atomic mass is 9.96. The van der Waals surface area contributed by atoms with Crippen molar-refractivity contribution in [3.63, 3.8) is 0 Å². The Morgan fingerprint density at radius 2 is 2.00 bits per heavy atom. The number of anilines is 1. The van der Waals surface area contributed by atoms with Gasteiger partial charge in [-0.3, -0.25) is 4.79 Å². The maximum Gasteiger partial charge on any atom is 0.245 e. The highest BCUT2D eigenvalue weighted by Gasteiger charge is 2.38. The van der Waals surface area contributed by atoms with Gasteiger partial charge < -0.3 is 10.2 Å². The zero-order chi connectivity index (χ0) is 12.6. The van der Waals surface area contributed by atoms with Gasteiger partial charge in [0.05, 0.1) is 0 Å². The van der Waals surface area contributed by atoms with E-state index < -0.39 is 5.54 Å². The predicted octanol–water partition coefficient (Wildman–Crippen LogP) is 2.02. The van der Waals surface area contributed by atoms with Gasteiger partial charge in [-0.1, -0.05) is 17.7 Å². The summed E-state index contributed by atoms with van der Waals surface area (Å²) in [5, 5.41) is 2.92. The van der Waals surface area contributed by atoms with E-state index in [0.29, 0.717) is 0 Å². The molecule has 0 spiro atoms. The third-order valence-electron chi connectivity index (χ3n) is 3.49. The largest absolute Gasteiger partial charge is 0.356 e. The third kappa shape index (κ3) is 2.02. The molecule has 0 radical (unpaired) electrons. The summed E-state index contributed by atoms with van der Waals surface area (Å²) in [5.74, 6) is 0.101. The second-order valence-electron chi connectivity index (χ2n) is 5.26. The highest BCUT2D eigenvalue weighted by molar-refractivity contribution is 5.90. The molecular weight excluding hydrogens is 212 g/mol. The molecule has 1 aromatic rings.